The van der Waals surface area contributed by atoms with E-state index in [-0.39, 0.29) is 5.56 Å². The Hall–Kier alpha value is -2.73. The van der Waals surface area contributed by atoms with E-state index in [1.54, 1.807) is 31.4 Å². The van der Waals surface area contributed by atoms with Crippen molar-refractivity contribution in [2.75, 3.05) is 7.11 Å². The Balaban J connectivity index is 2.00. The van der Waals surface area contributed by atoms with Gasteiger partial charge in [-0.2, -0.15) is 0 Å². The van der Waals surface area contributed by atoms with Crippen molar-refractivity contribution in [3.8, 4) is 0 Å². The van der Waals surface area contributed by atoms with Crippen LogP contribution in [-0.2, 0) is 17.9 Å². The van der Waals surface area contributed by atoms with Crippen LogP contribution in [0.2, 0.25) is 0 Å². The third kappa shape index (κ3) is 3.07. The van der Waals surface area contributed by atoms with E-state index >= 15 is 0 Å². The second kappa shape index (κ2) is 6.18. The summed E-state index contributed by atoms with van der Waals surface area (Å²) in [6.07, 6.45) is 1.81. The van der Waals surface area contributed by atoms with E-state index in [1.165, 1.54) is 0 Å². The van der Waals surface area contributed by atoms with E-state index in [1.807, 2.05) is 23.8 Å². The van der Waals surface area contributed by atoms with Crippen LogP contribution in [0.3, 0.4) is 0 Å². The number of aryl methyl sites for hydroxylation is 1. The van der Waals surface area contributed by atoms with E-state index in [4.69, 9.17) is 9.84 Å². The van der Waals surface area contributed by atoms with Gasteiger partial charge in [0.15, 0.2) is 5.65 Å². The first-order chi connectivity index (χ1) is 11.1. The summed E-state index contributed by atoms with van der Waals surface area (Å²) in [6, 6.07) is 8.81. The number of aromatic nitrogens is 3. The van der Waals surface area contributed by atoms with Gasteiger partial charge in [-0.25, -0.2) is 14.8 Å². The normalized spacial score (nSPS) is 11.0. The first-order valence-corrected chi connectivity index (χ1v) is 7.21. The third-order valence-corrected chi connectivity index (χ3v) is 3.62. The molecular formula is C17H17N3O3. The summed E-state index contributed by atoms with van der Waals surface area (Å²) in [5, 5.41) is 8.97. The van der Waals surface area contributed by atoms with Crippen molar-refractivity contribution in [3.63, 3.8) is 0 Å². The molecule has 3 rings (SSSR count). The number of rotatable bonds is 5. The lowest BCUT2D eigenvalue weighted by Crippen LogP contribution is -2.07. The Morgan fingerprint density at radius 1 is 1.30 bits per heavy atom. The highest BCUT2D eigenvalue weighted by atomic mass is 16.5. The van der Waals surface area contributed by atoms with Crippen molar-refractivity contribution in [1.29, 1.82) is 0 Å². The maximum atomic E-state index is 10.9. The lowest BCUT2D eigenvalue weighted by atomic mass is 10.1. The van der Waals surface area contributed by atoms with Gasteiger partial charge >= 0.3 is 5.97 Å². The molecule has 2 heterocycles. The molecule has 2 aromatic heterocycles. The summed E-state index contributed by atoms with van der Waals surface area (Å²) in [6.45, 7) is 2.93. The fourth-order valence-electron chi connectivity index (χ4n) is 2.50. The van der Waals surface area contributed by atoms with Crippen LogP contribution in [0, 0.1) is 6.92 Å². The fourth-order valence-corrected chi connectivity index (χ4v) is 2.50. The predicted molar refractivity (Wildman–Crippen MR) is 85.5 cm³/mol. The smallest absolute Gasteiger partial charge is 0.335 e. The fraction of sp³-hybridized carbons (Fsp3) is 0.235. The number of hydrogen-bond donors (Lipinski definition) is 1. The molecule has 0 saturated carbocycles. The van der Waals surface area contributed by atoms with Crippen LogP contribution < -0.4 is 0 Å². The Labute approximate surface area is 133 Å². The van der Waals surface area contributed by atoms with Crippen LogP contribution in [0.5, 0.6) is 0 Å². The SMILES string of the molecule is COCc1nc2cc(C)cnc2n1Cc1ccc(C(=O)O)cc1. The van der Waals surface area contributed by atoms with Gasteiger partial charge in [0.05, 0.1) is 12.1 Å². The molecule has 0 unspecified atom stereocenters. The van der Waals surface area contributed by atoms with Gasteiger partial charge in [0, 0.05) is 13.3 Å². The topological polar surface area (TPSA) is 77.2 Å². The van der Waals surface area contributed by atoms with E-state index in [0.29, 0.717) is 13.2 Å². The van der Waals surface area contributed by atoms with Crippen molar-refractivity contribution >= 4 is 17.1 Å². The predicted octanol–water partition coefficient (Wildman–Crippen LogP) is 2.63. The molecule has 0 aliphatic carbocycles. The minimum Gasteiger partial charge on any atom is -0.478 e. The molecule has 23 heavy (non-hydrogen) atoms. The first kappa shape index (κ1) is 15.2. The van der Waals surface area contributed by atoms with Crippen LogP contribution in [0.4, 0.5) is 0 Å². The van der Waals surface area contributed by atoms with Crippen LogP contribution in [-0.4, -0.2) is 32.7 Å². The molecule has 0 saturated heterocycles. The van der Waals surface area contributed by atoms with E-state index < -0.39 is 5.97 Å². The van der Waals surface area contributed by atoms with Gasteiger partial charge in [-0.05, 0) is 36.2 Å². The molecule has 118 valence electrons. The van der Waals surface area contributed by atoms with Gasteiger partial charge in [-0.15, -0.1) is 0 Å². The van der Waals surface area contributed by atoms with Gasteiger partial charge in [-0.3, -0.25) is 0 Å². The molecule has 0 fully saturated rings. The quantitative estimate of drug-likeness (QED) is 0.784. The average molecular weight is 311 g/mol. The number of nitrogens with zero attached hydrogens (tertiary/aromatic N) is 3. The lowest BCUT2D eigenvalue weighted by Gasteiger charge is -2.08. The second-order valence-electron chi connectivity index (χ2n) is 5.40. The number of carboxylic acid groups (broad SMARTS) is 1. The summed E-state index contributed by atoms with van der Waals surface area (Å²) in [7, 11) is 1.63. The summed E-state index contributed by atoms with van der Waals surface area (Å²) in [5.74, 6) is -0.134. The van der Waals surface area contributed by atoms with Gasteiger partial charge in [0.25, 0.3) is 0 Å². The zero-order chi connectivity index (χ0) is 16.4. The first-order valence-electron chi connectivity index (χ1n) is 7.21. The highest BCUT2D eigenvalue weighted by Gasteiger charge is 2.13. The molecule has 0 aliphatic rings. The minimum absolute atomic E-state index is 0.273. The standard InChI is InChI=1S/C17H17N3O3/c1-11-7-14-16(18-8-11)20(15(19-14)10-23-2)9-12-3-5-13(6-4-12)17(21)22/h3-8H,9-10H2,1-2H3,(H,21,22). The number of carbonyl (C=O) groups is 1. The second-order valence-corrected chi connectivity index (χ2v) is 5.40. The van der Waals surface area contributed by atoms with Gasteiger partial charge in [0.2, 0.25) is 0 Å². The molecule has 0 atom stereocenters. The maximum absolute atomic E-state index is 10.9. The highest BCUT2D eigenvalue weighted by Crippen LogP contribution is 2.18. The van der Waals surface area contributed by atoms with Gasteiger partial charge < -0.3 is 14.4 Å². The summed E-state index contributed by atoms with van der Waals surface area (Å²) in [4.78, 5) is 20.0. The number of hydrogen-bond acceptors (Lipinski definition) is 4. The molecule has 6 nitrogen and oxygen atoms in total. The molecule has 1 N–H and O–H groups in total. The number of pyridine rings is 1. The van der Waals surface area contributed by atoms with E-state index in [2.05, 4.69) is 9.97 Å². The van der Waals surface area contributed by atoms with Crippen molar-refractivity contribution in [3.05, 3.63) is 59.0 Å². The number of carboxylic acids is 1. The Morgan fingerprint density at radius 3 is 2.70 bits per heavy atom. The molecule has 3 aromatic rings. The largest absolute Gasteiger partial charge is 0.478 e. The molecule has 0 spiro atoms. The lowest BCUT2D eigenvalue weighted by molar-refractivity contribution is 0.0697. The van der Waals surface area contributed by atoms with Crippen molar-refractivity contribution < 1.29 is 14.6 Å². The number of fused-ring (bicyclic) bond motifs is 1. The van der Waals surface area contributed by atoms with E-state index in [9.17, 15) is 4.79 Å². The van der Waals surface area contributed by atoms with Crippen LogP contribution in [0.15, 0.2) is 36.5 Å². The zero-order valence-electron chi connectivity index (χ0n) is 13.0. The molecule has 0 amide bonds. The Morgan fingerprint density at radius 2 is 2.04 bits per heavy atom. The maximum Gasteiger partial charge on any atom is 0.335 e. The average Bonchev–Trinajstić information content (AvgIpc) is 2.85. The van der Waals surface area contributed by atoms with Crippen molar-refractivity contribution in [1.82, 2.24) is 14.5 Å². The highest BCUT2D eigenvalue weighted by molar-refractivity contribution is 5.87. The molecule has 6 heteroatoms. The Bertz CT molecular complexity index is 853. The molecule has 0 aliphatic heterocycles. The monoisotopic (exact) mass is 311 g/mol. The number of aromatic carboxylic acids is 1. The number of ether oxygens (including phenoxy) is 1. The summed E-state index contributed by atoms with van der Waals surface area (Å²) in [5.41, 5.74) is 3.94. The minimum atomic E-state index is -0.929. The number of methoxy groups -OCH3 is 1. The zero-order valence-corrected chi connectivity index (χ0v) is 13.0. The van der Waals surface area contributed by atoms with Crippen LogP contribution in [0.25, 0.3) is 11.2 Å². The summed E-state index contributed by atoms with van der Waals surface area (Å²) < 4.78 is 7.22. The third-order valence-electron chi connectivity index (χ3n) is 3.62. The van der Waals surface area contributed by atoms with Crippen LogP contribution >= 0.6 is 0 Å². The van der Waals surface area contributed by atoms with Crippen LogP contribution in [0.1, 0.15) is 27.3 Å². The Kier molecular flexibility index (Phi) is 4.08. The number of benzene rings is 1. The number of imidazole rings is 1. The molecule has 0 bridgehead atoms. The van der Waals surface area contributed by atoms with Crippen molar-refractivity contribution in [2.24, 2.45) is 0 Å². The van der Waals surface area contributed by atoms with Gasteiger partial charge in [0.1, 0.15) is 17.9 Å². The van der Waals surface area contributed by atoms with E-state index in [0.717, 1.165) is 28.1 Å². The van der Waals surface area contributed by atoms with Crippen molar-refractivity contribution in [2.45, 2.75) is 20.1 Å². The molecule has 1 aromatic carbocycles. The summed E-state index contributed by atoms with van der Waals surface area (Å²) >= 11 is 0. The molecule has 0 radical (unpaired) electrons. The molecular weight excluding hydrogens is 294 g/mol. The van der Waals surface area contributed by atoms with Gasteiger partial charge in [-0.1, -0.05) is 12.1 Å².